The van der Waals surface area contributed by atoms with Gasteiger partial charge in [0.05, 0.1) is 4.90 Å². The molecule has 0 aromatic heterocycles. The number of rotatable bonds is 3. The molecule has 0 radical (unpaired) electrons. The number of benzene rings is 2. The highest BCUT2D eigenvalue weighted by atomic mass is 32.2. The lowest BCUT2D eigenvalue weighted by Crippen LogP contribution is -1.98. The van der Waals surface area contributed by atoms with Gasteiger partial charge in [0.15, 0.2) is 0 Å². The molecular weight excluding hydrogens is 280 g/mol. The van der Waals surface area contributed by atoms with Crippen LogP contribution >= 0.6 is 12.6 Å². The monoisotopic (exact) mass is 292 g/mol. The maximum Gasteiger partial charge on any atom is 0.294 e. The maximum atomic E-state index is 11.2. The van der Waals surface area contributed by atoms with E-state index in [0.717, 1.165) is 11.1 Å². The van der Waals surface area contributed by atoms with Gasteiger partial charge in [0.1, 0.15) is 0 Å². The van der Waals surface area contributed by atoms with Crippen LogP contribution in [0.4, 0.5) is 0 Å². The molecular formula is C14H12O3S2. The quantitative estimate of drug-likeness (QED) is 0.672. The second-order valence-electron chi connectivity index (χ2n) is 3.95. The van der Waals surface area contributed by atoms with Crippen molar-refractivity contribution < 1.29 is 13.0 Å². The number of hydrogen-bond donors (Lipinski definition) is 2. The van der Waals surface area contributed by atoms with Crippen LogP contribution in [-0.2, 0) is 10.1 Å². The van der Waals surface area contributed by atoms with Gasteiger partial charge in [0, 0.05) is 4.90 Å². The van der Waals surface area contributed by atoms with Crippen molar-refractivity contribution in [2.45, 2.75) is 9.79 Å². The fraction of sp³-hybridized carbons (Fsp3) is 0. The van der Waals surface area contributed by atoms with Crippen LogP contribution in [0.1, 0.15) is 5.56 Å². The van der Waals surface area contributed by atoms with E-state index in [4.69, 9.17) is 4.55 Å². The average Bonchev–Trinajstić information content (AvgIpc) is 2.38. The molecule has 2 aromatic carbocycles. The van der Waals surface area contributed by atoms with Crippen LogP contribution in [0.15, 0.2) is 58.8 Å². The molecule has 2 aromatic rings. The molecule has 98 valence electrons. The van der Waals surface area contributed by atoms with E-state index >= 15 is 0 Å². The lowest BCUT2D eigenvalue weighted by Gasteiger charge is -2.10. The topological polar surface area (TPSA) is 54.4 Å². The Hall–Kier alpha value is -1.56. The first-order chi connectivity index (χ1) is 8.93. The summed E-state index contributed by atoms with van der Waals surface area (Å²) < 4.78 is 31.5. The standard InChI is InChI=1S/C14H12O3S2/c1-2-10-5-3-4-6-12(10)13-9-11(19(15,16)17)7-8-14(13)18/h2-9,18H,1H2,(H,15,16,17). The van der Waals surface area contributed by atoms with Crippen molar-refractivity contribution in [1.82, 2.24) is 0 Å². The molecule has 0 bridgehead atoms. The van der Waals surface area contributed by atoms with Crippen molar-refractivity contribution in [3.63, 3.8) is 0 Å². The third-order valence-corrected chi connectivity index (χ3v) is 3.98. The van der Waals surface area contributed by atoms with Crippen molar-refractivity contribution in [2.24, 2.45) is 0 Å². The molecule has 19 heavy (non-hydrogen) atoms. The molecule has 0 unspecified atom stereocenters. The minimum atomic E-state index is -4.23. The fourth-order valence-electron chi connectivity index (χ4n) is 1.81. The van der Waals surface area contributed by atoms with Gasteiger partial charge in [0.2, 0.25) is 0 Å². The van der Waals surface area contributed by atoms with Crippen LogP contribution in [0, 0.1) is 0 Å². The Labute approximate surface area is 117 Å². The molecule has 0 heterocycles. The van der Waals surface area contributed by atoms with Gasteiger partial charge in [-0.1, -0.05) is 36.9 Å². The summed E-state index contributed by atoms with van der Waals surface area (Å²) >= 11 is 4.33. The van der Waals surface area contributed by atoms with Crippen molar-refractivity contribution >= 4 is 28.8 Å². The first-order valence-electron chi connectivity index (χ1n) is 5.46. The summed E-state index contributed by atoms with van der Waals surface area (Å²) in [7, 11) is -4.23. The Balaban J connectivity index is 2.72. The number of thiol groups is 1. The third kappa shape index (κ3) is 2.89. The molecule has 0 amide bonds. The Morgan fingerprint density at radius 2 is 1.79 bits per heavy atom. The van der Waals surface area contributed by atoms with Gasteiger partial charge < -0.3 is 0 Å². The van der Waals surface area contributed by atoms with Gasteiger partial charge in [-0.05, 0) is 34.9 Å². The lowest BCUT2D eigenvalue weighted by atomic mass is 10.00. The molecule has 0 spiro atoms. The SMILES string of the molecule is C=Cc1ccccc1-c1cc(S(=O)(=O)O)ccc1S. The molecule has 3 nitrogen and oxygen atoms in total. The van der Waals surface area contributed by atoms with Crippen LogP contribution in [0.3, 0.4) is 0 Å². The molecule has 0 fully saturated rings. The predicted molar refractivity (Wildman–Crippen MR) is 79.0 cm³/mol. The second-order valence-corrected chi connectivity index (χ2v) is 5.85. The van der Waals surface area contributed by atoms with Crippen molar-refractivity contribution in [3.05, 3.63) is 54.6 Å². The van der Waals surface area contributed by atoms with Crippen molar-refractivity contribution in [3.8, 4) is 11.1 Å². The molecule has 0 aliphatic heterocycles. The predicted octanol–water partition coefficient (Wildman–Crippen LogP) is 3.53. The molecule has 0 atom stereocenters. The summed E-state index contributed by atoms with van der Waals surface area (Å²) in [6.07, 6.45) is 1.68. The largest absolute Gasteiger partial charge is 0.294 e. The van der Waals surface area contributed by atoms with Gasteiger partial charge in [-0.25, -0.2) is 0 Å². The molecule has 0 aliphatic carbocycles. The smallest absolute Gasteiger partial charge is 0.282 e. The summed E-state index contributed by atoms with van der Waals surface area (Å²) in [4.78, 5) is 0.473. The maximum absolute atomic E-state index is 11.2. The highest BCUT2D eigenvalue weighted by Gasteiger charge is 2.13. The summed E-state index contributed by atoms with van der Waals surface area (Å²) in [5.74, 6) is 0. The van der Waals surface area contributed by atoms with Gasteiger partial charge in [0.25, 0.3) is 10.1 Å². The second kappa shape index (κ2) is 5.21. The fourth-order valence-corrected chi connectivity index (χ4v) is 2.58. The van der Waals surface area contributed by atoms with Gasteiger partial charge >= 0.3 is 0 Å². The molecule has 2 rings (SSSR count). The molecule has 0 saturated heterocycles. The van der Waals surface area contributed by atoms with E-state index < -0.39 is 10.1 Å². The van der Waals surface area contributed by atoms with E-state index in [1.807, 2.05) is 24.3 Å². The lowest BCUT2D eigenvalue weighted by molar-refractivity contribution is 0.483. The van der Waals surface area contributed by atoms with Crippen LogP contribution < -0.4 is 0 Å². The summed E-state index contributed by atoms with van der Waals surface area (Å²) in [5.41, 5.74) is 2.31. The third-order valence-electron chi connectivity index (χ3n) is 2.74. The molecule has 0 aliphatic rings. The van der Waals surface area contributed by atoms with Crippen molar-refractivity contribution in [1.29, 1.82) is 0 Å². The summed E-state index contributed by atoms with van der Waals surface area (Å²) in [6, 6.07) is 11.7. The van der Waals surface area contributed by atoms with Crippen LogP contribution in [0.25, 0.3) is 17.2 Å². The zero-order valence-corrected chi connectivity index (χ0v) is 11.7. The first kappa shape index (κ1) is 13.9. The molecule has 0 saturated carbocycles. The van der Waals surface area contributed by atoms with Crippen LogP contribution in [0.5, 0.6) is 0 Å². The summed E-state index contributed by atoms with van der Waals surface area (Å²) in [5, 5.41) is 0. The Morgan fingerprint density at radius 3 is 2.42 bits per heavy atom. The van der Waals surface area contributed by atoms with E-state index in [9.17, 15) is 8.42 Å². The molecule has 5 heteroatoms. The van der Waals surface area contributed by atoms with E-state index in [1.54, 1.807) is 12.1 Å². The average molecular weight is 292 g/mol. The normalized spacial score (nSPS) is 11.3. The van der Waals surface area contributed by atoms with E-state index in [0.29, 0.717) is 10.5 Å². The Kier molecular flexibility index (Phi) is 3.80. The van der Waals surface area contributed by atoms with Crippen LogP contribution in [0.2, 0.25) is 0 Å². The van der Waals surface area contributed by atoms with Gasteiger partial charge in [-0.15, -0.1) is 12.6 Å². The Bertz CT molecular complexity index is 734. The highest BCUT2D eigenvalue weighted by Crippen LogP contribution is 2.31. The van der Waals surface area contributed by atoms with E-state index in [-0.39, 0.29) is 4.90 Å². The summed E-state index contributed by atoms with van der Waals surface area (Å²) in [6.45, 7) is 3.73. The zero-order chi connectivity index (χ0) is 14.0. The van der Waals surface area contributed by atoms with Crippen LogP contribution in [-0.4, -0.2) is 13.0 Å². The highest BCUT2D eigenvalue weighted by molar-refractivity contribution is 7.85. The Morgan fingerprint density at radius 1 is 1.11 bits per heavy atom. The minimum absolute atomic E-state index is 0.154. The molecule has 1 N–H and O–H groups in total. The van der Waals surface area contributed by atoms with E-state index in [1.165, 1.54) is 12.1 Å². The number of hydrogen-bond acceptors (Lipinski definition) is 3. The zero-order valence-electron chi connectivity index (χ0n) is 9.95. The van der Waals surface area contributed by atoms with Crippen molar-refractivity contribution in [2.75, 3.05) is 0 Å². The minimum Gasteiger partial charge on any atom is -0.282 e. The van der Waals surface area contributed by atoms with Gasteiger partial charge in [-0.3, -0.25) is 4.55 Å². The first-order valence-corrected chi connectivity index (χ1v) is 7.34. The van der Waals surface area contributed by atoms with Gasteiger partial charge in [-0.2, -0.15) is 8.42 Å². The van der Waals surface area contributed by atoms with E-state index in [2.05, 4.69) is 19.2 Å².